The summed E-state index contributed by atoms with van der Waals surface area (Å²) in [4.78, 5) is 13.2. The first-order valence-electron chi connectivity index (χ1n) is 9.70. The molecule has 8 heteroatoms. The standard InChI is InChI=1S/C23H19FN6O/c1-14-8-17(24)5-6-18(14)20-10-25-11-22-27-23(28-30(20)22)16-4-7-19(21(9-16)31-3)29-12-15(2)26-13-29/h4-13H,1-3H3. The number of hydrogen-bond acceptors (Lipinski definition) is 5. The van der Waals surface area contributed by atoms with Crippen LogP contribution in [-0.4, -0.2) is 36.2 Å². The number of aryl methyl sites for hydroxylation is 2. The van der Waals surface area contributed by atoms with Gasteiger partial charge in [-0.2, -0.15) is 0 Å². The van der Waals surface area contributed by atoms with Crippen LogP contribution in [0.25, 0.3) is 34.0 Å². The Balaban J connectivity index is 1.61. The molecule has 154 valence electrons. The maximum Gasteiger partial charge on any atom is 0.182 e. The predicted octanol–water partition coefficient (Wildman–Crippen LogP) is 4.41. The molecule has 0 N–H and O–H groups in total. The van der Waals surface area contributed by atoms with E-state index < -0.39 is 0 Å². The van der Waals surface area contributed by atoms with Gasteiger partial charge in [-0.05, 0) is 55.8 Å². The molecule has 0 spiro atoms. The first kappa shape index (κ1) is 18.9. The van der Waals surface area contributed by atoms with Gasteiger partial charge >= 0.3 is 0 Å². The monoisotopic (exact) mass is 414 g/mol. The van der Waals surface area contributed by atoms with E-state index in [2.05, 4.69) is 15.0 Å². The van der Waals surface area contributed by atoms with Gasteiger partial charge in [0.2, 0.25) is 0 Å². The van der Waals surface area contributed by atoms with Gasteiger partial charge < -0.3 is 9.30 Å². The molecular weight excluding hydrogens is 395 g/mol. The third kappa shape index (κ3) is 3.31. The zero-order valence-corrected chi connectivity index (χ0v) is 17.2. The van der Waals surface area contributed by atoms with Gasteiger partial charge in [0.05, 0.1) is 42.9 Å². The highest BCUT2D eigenvalue weighted by Gasteiger charge is 2.15. The molecule has 2 aromatic carbocycles. The summed E-state index contributed by atoms with van der Waals surface area (Å²) < 4.78 is 22.8. The van der Waals surface area contributed by atoms with Crippen LogP contribution in [0.5, 0.6) is 5.75 Å². The highest BCUT2D eigenvalue weighted by molar-refractivity contribution is 5.68. The van der Waals surface area contributed by atoms with E-state index in [0.717, 1.165) is 33.8 Å². The second-order valence-electron chi connectivity index (χ2n) is 7.27. The summed E-state index contributed by atoms with van der Waals surface area (Å²) in [5.74, 6) is 0.947. The summed E-state index contributed by atoms with van der Waals surface area (Å²) in [5, 5.41) is 4.70. The van der Waals surface area contributed by atoms with Crippen molar-refractivity contribution < 1.29 is 9.13 Å². The van der Waals surface area contributed by atoms with Gasteiger partial charge in [0.25, 0.3) is 0 Å². The number of rotatable bonds is 4. The largest absolute Gasteiger partial charge is 0.495 e. The van der Waals surface area contributed by atoms with E-state index in [1.165, 1.54) is 12.1 Å². The molecule has 5 aromatic rings. The molecule has 3 aromatic heterocycles. The molecule has 0 aliphatic carbocycles. The lowest BCUT2D eigenvalue weighted by Crippen LogP contribution is -1.98. The molecule has 0 aliphatic rings. The number of nitrogens with zero attached hydrogens (tertiary/aromatic N) is 6. The molecule has 0 amide bonds. The van der Waals surface area contributed by atoms with Crippen molar-refractivity contribution >= 4 is 5.65 Å². The van der Waals surface area contributed by atoms with Crippen molar-refractivity contribution in [3.63, 3.8) is 0 Å². The third-order valence-corrected chi connectivity index (χ3v) is 5.14. The molecule has 7 nitrogen and oxygen atoms in total. The summed E-state index contributed by atoms with van der Waals surface area (Å²) in [6.45, 7) is 3.79. The van der Waals surface area contributed by atoms with Gasteiger partial charge in [-0.1, -0.05) is 0 Å². The Labute approximate surface area is 177 Å². The number of ether oxygens (including phenoxy) is 1. The molecule has 0 unspecified atom stereocenters. The number of fused-ring (bicyclic) bond motifs is 1. The molecule has 0 saturated heterocycles. The number of hydrogen-bond donors (Lipinski definition) is 0. The highest BCUT2D eigenvalue weighted by atomic mass is 19.1. The number of aromatic nitrogens is 6. The average molecular weight is 414 g/mol. The van der Waals surface area contributed by atoms with Crippen molar-refractivity contribution in [1.29, 1.82) is 0 Å². The number of methoxy groups -OCH3 is 1. The smallest absolute Gasteiger partial charge is 0.182 e. The maximum atomic E-state index is 13.6. The van der Waals surface area contributed by atoms with Crippen molar-refractivity contribution in [3.8, 4) is 34.1 Å². The van der Waals surface area contributed by atoms with E-state index in [4.69, 9.17) is 9.84 Å². The first-order valence-corrected chi connectivity index (χ1v) is 9.70. The van der Waals surface area contributed by atoms with E-state index in [0.29, 0.717) is 17.2 Å². The average Bonchev–Trinajstić information content (AvgIpc) is 3.39. The minimum Gasteiger partial charge on any atom is -0.495 e. The second-order valence-corrected chi connectivity index (χ2v) is 7.27. The molecule has 0 fully saturated rings. The second kappa shape index (κ2) is 7.32. The van der Waals surface area contributed by atoms with Crippen molar-refractivity contribution in [2.45, 2.75) is 13.8 Å². The molecular formula is C23H19FN6O. The molecule has 5 rings (SSSR count). The van der Waals surface area contributed by atoms with Crippen molar-refractivity contribution in [2.24, 2.45) is 0 Å². The Morgan fingerprint density at radius 2 is 1.90 bits per heavy atom. The van der Waals surface area contributed by atoms with Crippen LogP contribution in [-0.2, 0) is 0 Å². The number of halogens is 1. The van der Waals surface area contributed by atoms with Crippen LogP contribution < -0.4 is 4.74 Å². The lowest BCUT2D eigenvalue weighted by Gasteiger charge is -2.10. The Hall–Kier alpha value is -4.07. The quantitative estimate of drug-likeness (QED) is 0.436. The fraction of sp³-hybridized carbons (Fsp3) is 0.130. The number of imidazole rings is 1. The first-order chi connectivity index (χ1) is 15.0. The van der Waals surface area contributed by atoms with Crippen molar-refractivity contribution in [1.82, 2.24) is 29.1 Å². The predicted molar refractivity (Wildman–Crippen MR) is 115 cm³/mol. The van der Waals surface area contributed by atoms with Crippen molar-refractivity contribution in [2.75, 3.05) is 7.11 Å². The summed E-state index contributed by atoms with van der Waals surface area (Å²) in [5.41, 5.74) is 5.59. The molecule has 0 aliphatic heterocycles. The zero-order chi connectivity index (χ0) is 21.5. The SMILES string of the molecule is COc1cc(-c2nc3cncc(-c4ccc(F)cc4C)n3n2)ccc1-n1cnc(C)c1. The summed E-state index contributed by atoms with van der Waals surface area (Å²) in [6.07, 6.45) is 7.04. The summed E-state index contributed by atoms with van der Waals surface area (Å²) >= 11 is 0. The molecule has 0 bridgehead atoms. The Morgan fingerprint density at radius 1 is 1.03 bits per heavy atom. The summed E-state index contributed by atoms with van der Waals surface area (Å²) in [6, 6.07) is 10.4. The van der Waals surface area contributed by atoms with E-state index in [-0.39, 0.29) is 5.82 Å². The van der Waals surface area contributed by atoms with Crippen LogP contribution in [0, 0.1) is 19.7 Å². The van der Waals surface area contributed by atoms with Gasteiger partial charge in [-0.15, -0.1) is 5.10 Å². The fourth-order valence-electron chi connectivity index (χ4n) is 3.62. The highest BCUT2D eigenvalue weighted by Crippen LogP contribution is 2.30. The van der Waals surface area contributed by atoms with Gasteiger partial charge in [-0.25, -0.2) is 18.9 Å². The molecule has 0 saturated carbocycles. The third-order valence-electron chi connectivity index (χ3n) is 5.14. The Morgan fingerprint density at radius 3 is 2.65 bits per heavy atom. The van der Waals surface area contributed by atoms with Crippen molar-refractivity contribution in [3.05, 3.63) is 78.4 Å². The van der Waals surface area contributed by atoms with E-state index >= 15 is 0 Å². The topological polar surface area (TPSA) is 70.1 Å². The Bertz CT molecular complexity index is 1420. The van der Waals surface area contributed by atoms with Crippen LogP contribution in [0.3, 0.4) is 0 Å². The van der Waals surface area contributed by atoms with Crippen LogP contribution >= 0.6 is 0 Å². The lowest BCUT2D eigenvalue weighted by atomic mass is 10.1. The normalized spacial score (nSPS) is 11.2. The fourth-order valence-corrected chi connectivity index (χ4v) is 3.62. The lowest BCUT2D eigenvalue weighted by molar-refractivity contribution is 0.413. The molecule has 31 heavy (non-hydrogen) atoms. The summed E-state index contributed by atoms with van der Waals surface area (Å²) in [7, 11) is 1.63. The van der Waals surface area contributed by atoms with E-state index in [1.54, 1.807) is 36.4 Å². The van der Waals surface area contributed by atoms with Crippen LogP contribution in [0.1, 0.15) is 11.3 Å². The minimum absolute atomic E-state index is 0.277. The van der Waals surface area contributed by atoms with Crippen LogP contribution in [0.4, 0.5) is 4.39 Å². The molecule has 0 atom stereocenters. The van der Waals surface area contributed by atoms with E-state index in [1.807, 2.05) is 42.8 Å². The molecule has 3 heterocycles. The zero-order valence-electron chi connectivity index (χ0n) is 17.2. The minimum atomic E-state index is -0.277. The maximum absolute atomic E-state index is 13.6. The van der Waals surface area contributed by atoms with E-state index in [9.17, 15) is 4.39 Å². The Kier molecular flexibility index (Phi) is 4.47. The van der Waals surface area contributed by atoms with Gasteiger partial charge in [0.1, 0.15) is 11.6 Å². The van der Waals surface area contributed by atoms with Gasteiger partial charge in [0, 0.05) is 17.3 Å². The van der Waals surface area contributed by atoms with Gasteiger partial charge in [-0.3, -0.25) is 4.98 Å². The van der Waals surface area contributed by atoms with Gasteiger partial charge in [0.15, 0.2) is 11.5 Å². The molecule has 0 radical (unpaired) electrons. The number of benzene rings is 2. The van der Waals surface area contributed by atoms with Crippen LogP contribution in [0.15, 0.2) is 61.3 Å². The van der Waals surface area contributed by atoms with Crippen LogP contribution in [0.2, 0.25) is 0 Å².